The Bertz CT molecular complexity index is 1580. The molecule has 0 atom stereocenters. The maximum Gasteiger partial charge on any atom is 0.261 e. The third kappa shape index (κ3) is 8.77. The summed E-state index contributed by atoms with van der Waals surface area (Å²) in [6, 6.07) is 17.7. The lowest BCUT2D eigenvalue weighted by molar-refractivity contribution is 0.257. The van der Waals surface area contributed by atoms with Gasteiger partial charge in [0.15, 0.2) is 5.82 Å². The minimum absolute atomic E-state index is 0.0294. The minimum Gasteiger partial charge on any atom is -0.493 e. The summed E-state index contributed by atoms with van der Waals surface area (Å²) in [5, 5.41) is 0. The van der Waals surface area contributed by atoms with Crippen LogP contribution in [0.15, 0.2) is 65.6 Å². The Morgan fingerprint density at radius 1 is 0.951 bits per heavy atom. The van der Waals surface area contributed by atoms with Gasteiger partial charge in [0, 0.05) is 32.0 Å². The van der Waals surface area contributed by atoms with Crippen molar-refractivity contribution in [3.05, 3.63) is 88.7 Å². The van der Waals surface area contributed by atoms with Crippen LogP contribution in [0.3, 0.4) is 0 Å². The molecule has 0 fully saturated rings. The van der Waals surface area contributed by atoms with Crippen molar-refractivity contribution in [2.75, 3.05) is 36.4 Å². The second-order valence-electron chi connectivity index (χ2n) is 11.7. The molecule has 0 bridgehead atoms. The average Bonchev–Trinajstić information content (AvgIpc) is 2.90. The highest BCUT2D eigenvalue weighted by atomic mass is 32.2. The number of sulfonamides is 1. The number of nitrogens with one attached hydrogen (secondary N) is 1. The molecule has 0 saturated carbocycles. The van der Waals surface area contributed by atoms with Gasteiger partial charge in [0.25, 0.3) is 10.0 Å². The molecular formula is C31H39FN2O5S2. The maximum absolute atomic E-state index is 14.7. The van der Waals surface area contributed by atoms with Crippen molar-refractivity contribution in [1.29, 1.82) is 0 Å². The van der Waals surface area contributed by atoms with Gasteiger partial charge in [-0.25, -0.2) is 21.2 Å². The smallest absolute Gasteiger partial charge is 0.261 e. The van der Waals surface area contributed by atoms with Gasteiger partial charge in [-0.15, -0.1) is 0 Å². The monoisotopic (exact) mass is 602 g/mol. The number of hydrogen-bond donors (Lipinski definition) is 1. The predicted octanol–water partition coefficient (Wildman–Crippen LogP) is 5.34. The van der Waals surface area contributed by atoms with Crippen LogP contribution in [0.1, 0.15) is 49.4 Å². The summed E-state index contributed by atoms with van der Waals surface area (Å²) < 4.78 is 70.9. The molecule has 1 aliphatic rings. The molecule has 0 aromatic heterocycles. The normalized spacial score (nSPS) is 14.5. The van der Waals surface area contributed by atoms with Crippen LogP contribution in [-0.2, 0) is 44.7 Å². The molecule has 41 heavy (non-hydrogen) atoms. The number of benzene rings is 3. The van der Waals surface area contributed by atoms with E-state index in [2.05, 4.69) is 54.7 Å². The Morgan fingerprint density at radius 2 is 1.68 bits per heavy atom. The number of rotatable bonds is 11. The highest BCUT2D eigenvalue weighted by Gasteiger charge is 2.22. The number of halogens is 1. The van der Waals surface area contributed by atoms with Crippen molar-refractivity contribution >= 4 is 25.5 Å². The van der Waals surface area contributed by atoms with Crippen LogP contribution in [0.4, 0.5) is 10.1 Å². The van der Waals surface area contributed by atoms with Crippen molar-refractivity contribution in [3.63, 3.8) is 0 Å². The standard InChI is InChI=1S/C31H39FN2O5S2/c1-31(2,3)26-9-6-23(7-10-26)14-16-34-17-15-24-20-28(12-8-25(24)22-34)41(37,38)33-30-13-11-27(21-29(30)32)39-18-5-19-40(4,35)36/h6-13,20-21,33H,5,14-19,22H2,1-4H3. The Hall–Kier alpha value is -2.95. The second kappa shape index (κ2) is 12.5. The van der Waals surface area contributed by atoms with Crippen LogP contribution in [0.2, 0.25) is 0 Å². The fourth-order valence-electron chi connectivity index (χ4n) is 4.79. The van der Waals surface area contributed by atoms with Crippen LogP contribution in [0.5, 0.6) is 5.75 Å². The number of fused-ring (bicyclic) bond motifs is 1. The average molecular weight is 603 g/mol. The number of hydrogen-bond acceptors (Lipinski definition) is 6. The second-order valence-corrected chi connectivity index (χ2v) is 15.7. The molecule has 1 N–H and O–H groups in total. The molecule has 222 valence electrons. The zero-order valence-electron chi connectivity index (χ0n) is 24.1. The molecule has 0 saturated heterocycles. The molecule has 0 spiro atoms. The fraction of sp³-hybridized carbons (Fsp3) is 0.419. The van der Waals surface area contributed by atoms with Crippen LogP contribution in [0, 0.1) is 5.82 Å². The minimum atomic E-state index is -4.00. The van der Waals surface area contributed by atoms with Gasteiger partial charge in [-0.2, -0.15) is 0 Å². The number of anilines is 1. The van der Waals surface area contributed by atoms with Gasteiger partial charge in [0.1, 0.15) is 15.6 Å². The third-order valence-electron chi connectivity index (χ3n) is 7.23. The lowest BCUT2D eigenvalue weighted by Gasteiger charge is -2.29. The molecule has 0 aliphatic carbocycles. The van der Waals surface area contributed by atoms with Gasteiger partial charge in [-0.3, -0.25) is 9.62 Å². The summed E-state index contributed by atoms with van der Waals surface area (Å²) in [6.45, 7) is 9.25. The third-order valence-corrected chi connectivity index (χ3v) is 9.62. The summed E-state index contributed by atoms with van der Waals surface area (Å²) in [5.41, 5.74) is 4.65. The van der Waals surface area contributed by atoms with Gasteiger partial charge in [0.2, 0.25) is 0 Å². The van der Waals surface area contributed by atoms with Gasteiger partial charge in [-0.1, -0.05) is 51.1 Å². The van der Waals surface area contributed by atoms with Gasteiger partial charge < -0.3 is 4.74 Å². The first-order valence-electron chi connectivity index (χ1n) is 13.8. The molecule has 4 rings (SSSR count). The quantitative estimate of drug-likeness (QED) is 0.298. The number of sulfone groups is 1. The van der Waals surface area contributed by atoms with Crippen molar-refractivity contribution < 1.29 is 26.0 Å². The van der Waals surface area contributed by atoms with Crippen LogP contribution < -0.4 is 9.46 Å². The van der Waals surface area contributed by atoms with E-state index >= 15 is 0 Å². The molecule has 3 aromatic carbocycles. The first kappa shape index (κ1) is 31.0. The van der Waals surface area contributed by atoms with Gasteiger partial charge >= 0.3 is 0 Å². The van der Waals surface area contributed by atoms with Gasteiger partial charge in [0.05, 0.1) is 22.9 Å². The Morgan fingerprint density at radius 3 is 2.34 bits per heavy atom. The summed E-state index contributed by atoms with van der Waals surface area (Å²) in [6.07, 6.45) is 3.10. The van der Waals surface area contributed by atoms with Crippen LogP contribution in [0.25, 0.3) is 0 Å². The SMILES string of the molecule is CC(C)(C)c1ccc(CCN2CCc3cc(S(=O)(=O)Nc4ccc(OCCCS(C)(=O)=O)cc4F)ccc3C2)cc1. The van der Waals surface area contributed by atoms with E-state index < -0.39 is 25.7 Å². The zero-order chi connectivity index (χ0) is 29.8. The molecule has 1 heterocycles. The van der Waals surface area contributed by atoms with Crippen molar-refractivity contribution in [1.82, 2.24) is 4.90 Å². The van der Waals surface area contributed by atoms with E-state index in [-0.39, 0.29) is 40.5 Å². The van der Waals surface area contributed by atoms with Crippen molar-refractivity contribution in [2.24, 2.45) is 0 Å². The van der Waals surface area contributed by atoms with E-state index in [0.29, 0.717) is 0 Å². The lowest BCUT2D eigenvalue weighted by atomic mass is 9.86. The number of ether oxygens (including phenoxy) is 1. The summed E-state index contributed by atoms with van der Waals surface area (Å²) in [4.78, 5) is 2.47. The predicted molar refractivity (Wildman–Crippen MR) is 161 cm³/mol. The topological polar surface area (TPSA) is 92.8 Å². The van der Waals surface area contributed by atoms with E-state index in [4.69, 9.17) is 4.74 Å². The molecule has 0 amide bonds. The molecule has 0 radical (unpaired) electrons. The summed E-state index contributed by atoms with van der Waals surface area (Å²) in [5.74, 6) is -0.617. The lowest BCUT2D eigenvalue weighted by Crippen LogP contribution is -2.32. The molecular weight excluding hydrogens is 563 g/mol. The zero-order valence-corrected chi connectivity index (χ0v) is 25.7. The van der Waals surface area contributed by atoms with E-state index in [1.54, 1.807) is 12.1 Å². The molecule has 0 unspecified atom stereocenters. The van der Waals surface area contributed by atoms with E-state index in [9.17, 15) is 21.2 Å². The van der Waals surface area contributed by atoms with Crippen molar-refractivity contribution in [3.8, 4) is 5.75 Å². The molecule has 10 heteroatoms. The summed E-state index contributed by atoms with van der Waals surface area (Å²) >= 11 is 0. The number of nitrogens with zero attached hydrogens (tertiary/aromatic N) is 1. The molecule has 7 nitrogen and oxygen atoms in total. The maximum atomic E-state index is 14.7. The van der Waals surface area contributed by atoms with Crippen molar-refractivity contribution in [2.45, 2.75) is 56.9 Å². The van der Waals surface area contributed by atoms with E-state index in [1.807, 2.05) is 6.07 Å². The Labute approximate surface area is 243 Å². The summed E-state index contributed by atoms with van der Waals surface area (Å²) in [7, 11) is -7.10. The van der Waals surface area contributed by atoms with E-state index in [1.165, 1.54) is 23.3 Å². The first-order valence-corrected chi connectivity index (χ1v) is 17.3. The van der Waals surface area contributed by atoms with Crippen LogP contribution in [-0.4, -0.2) is 53.4 Å². The van der Waals surface area contributed by atoms with E-state index in [0.717, 1.165) is 55.9 Å². The molecule has 1 aliphatic heterocycles. The van der Waals surface area contributed by atoms with Crippen LogP contribution >= 0.6 is 0 Å². The highest BCUT2D eigenvalue weighted by molar-refractivity contribution is 7.92. The highest BCUT2D eigenvalue weighted by Crippen LogP contribution is 2.27. The Balaban J connectivity index is 1.34. The first-order chi connectivity index (χ1) is 19.2. The fourth-order valence-corrected chi connectivity index (χ4v) is 6.55. The Kier molecular flexibility index (Phi) is 9.45. The molecule has 3 aromatic rings. The van der Waals surface area contributed by atoms with Gasteiger partial charge in [-0.05, 0) is 71.2 Å². The largest absolute Gasteiger partial charge is 0.493 e.